The number of carbonyl (C=O) groups is 1. The van der Waals surface area contributed by atoms with E-state index in [0.29, 0.717) is 0 Å². The van der Waals surface area contributed by atoms with Gasteiger partial charge in [-0.15, -0.1) is 0 Å². The number of para-hydroxylation sites is 2. The molecule has 2 aromatic rings. The summed E-state index contributed by atoms with van der Waals surface area (Å²) < 4.78 is 2.09. The van der Waals surface area contributed by atoms with Gasteiger partial charge in [0.1, 0.15) is 5.82 Å². The third kappa shape index (κ3) is 3.06. The molecule has 1 aromatic carbocycles. The number of fused-ring (bicyclic) bond motifs is 1. The summed E-state index contributed by atoms with van der Waals surface area (Å²) in [5.74, 6) is 1.06. The van der Waals surface area contributed by atoms with Crippen LogP contribution in [0, 0.1) is 6.92 Å². The van der Waals surface area contributed by atoms with Crippen molar-refractivity contribution in [3.63, 3.8) is 0 Å². The highest BCUT2D eigenvalue weighted by Crippen LogP contribution is 2.12. The van der Waals surface area contributed by atoms with Crippen LogP contribution in [0.4, 0.5) is 0 Å². The van der Waals surface area contributed by atoms with Gasteiger partial charge in [0.15, 0.2) is 0 Å². The Morgan fingerprint density at radius 3 is 2.47 bits per heavy atom. The third-order valence-electron chi connectivity index (χ3n) is 2.01. The summed E-state index contributed by atoms with van der Waals surface area (Å²) in [7, 11) is 2.03. The van der Waals surface area contributed by atoms with E-state index in [1.807, 2.05) is 32.2 Å². The van der Waals surface area contributed by atoms with Gasteiger partial charge in [0.05, 0.1) is 11.0 Å². The van der Waals surface area contributed by atoms with Gasteiger partial charge >= 0.3 is 0 Å². The summed E-state index contributed by atoms with van der Waals surface area (Å²) in [5.41, 5.74) is 2.28. The molecule has 1 aromatic heterocycles. The van der Waals surface area contributed by atoms with E-state index < -0.39 is 0 Å². The highest BCUT2D eigenvalue weighted by molar-refractivity contribution is 6.62. The Balaban J connectivity index is 0.000000245. The number of hydrogen-bond donors (Lipinski definition) is 0. The van der Waals surface area contributed by atoms with Gasteiger partial charge in [-0.25, -0.2) is 4.98 Å². The van der Waals surface area contributed by atoms with Crippen LogP contribution in [-0.4, -0.2) is 14.8 Å². The molecule has 0 spiro atoms. The molecule has 0 unspecified atom stereocenters. The maximum absolute atomic E-state index is 9.21. The number of carbonyl (C=O) groups excluding carboxylic acids is 1. The molecule has 2 rings (SSSR count). The van der Waals surface area contributed by atoms with E-state index in [4.69, 9.17) is 0 Å². The minimum absolute atomic E-state index is 0.361. The van der Waals surface area contributed by atoms with Crippen molar-refractivity contribution in [2.45, 2.75) is 13.8 Å². The second-order valence-corrected chi connectivity index (χ2v) is 3.71. The highest BCUT2D eigenvalue weighted by Gasteiger charge is 2.00. The lowest BCUT2D eigenvalue weighted by Crippen LogP contribution is -1.89. The Bertz CT molecular complexity index is 472. The van der Waals surface area contributed by atoms with Crippen LogP contribution in [0.1, 0.15) is 12.7 Å². The van der Waals surface area contributed by atoms with Crippen molar-refractivity contribution < 1.29 is 4.79 Å². The van der Waals surface area contributed by atoms with Crippen LogP contribution in [0.2, 0.25) is 0 Å². The Kier molecular flexibility index (Phi) is 3.86. The largest absolute Gasteiger partial charge is 0.331 e. The molecule has 0 atom stereocenters. The Hall–Kier alpha value is -1.35. The lowest BCUT2D eigenvalue weighted by Gasteiger charge is -1.93. The van der Waals surface area contributed by atoms with E-state index in [2.05, 4.69) is 27.2 Å². The minimum atomic E-state index is -0.361. The quantitative estimate of drug-likeness (QED) is 0.645. The van der Waals surface area contributed by atoms with Crippen LogP contribution in [0.25, 0.3) is 11.0 Å². The maximum atomic E-state index is 9.21. The molecular formula is C11H13ClN2O. The van der Waals surface area contributed by atoms with Gasteiger partial charge in [0.25, 0.3) is 0 Å². The molecule has 0 aliphatic heterocycles. The van der Waals surface area contributed by atoms with Gasteiger partial charge in [-0.05, 0) is 30.7 Å². The molecule has 0 amide bonds. The zero-order chi connectivity index (χ0) is 11.4. The van der Waals surface area contributed by atoms with Gasteiger partial charge in [-0.2, -0.15) is 0 Å². The standard InChI is InChI=1S/C9H10N2.C2H3ClO/c1-7-10-8-5-3-4-6-9(8)11(7)2;1-2(3)4/h3-6H,1-2H3;1H3. The van der Waals surface area contributed by atoms with Gasteiger partial charge in [0.2, 0.25) is 5.24 Å². The number of benzene rings is 1. The molecule has 3 nitrogen and oxygen atoms in total. The monoisotopic (exact) mass is 224 g/mol. The van der Waals surface area contributed by atoms with Crippen molar-refractivity contribution in [3.05, 3.63) is 30.1 Å². The summed E-state index contributed by atoms with van der Waals surface area (Å²) in [5, 5.41) is -0.361. The van der Waals surface area contributed by atoms with E-state index >= 15 is 0 Å². The van der Waals surface area contributed by atoms with Crippen LogP contribution < -0.4 is 0 Å². The number of rotatable bonds is 0. The molecule has 0 bridgehead atoms. The van der Waals surface area contributed by atoms with E-state index in [0.717, 1.165) is 11.3 Å². The molecule has 4 heteroatoms. The average Bonchev–Trinajstić information content (AvgIpc) is 2.43. The SMILES string of the molecule is CC(=O)Cl.Cc1nc2ccccc2n1C. The Labute approximate surface area is 93.7 Å². The van der Waals surface area contributed by atoms with Crippen LogP contribution >= 0.6 is 11.6 Å². The third-order valence-corrected chi connectivity index (χ3v) is 2.01. The van der Waals surface area contributed by atoms with E-state index in [-0.39, 0.29) is 5.24 Å². The summed E-state index contributed by atoms with van der Waals surface area (Å²) >= 11 is 4.64. The van der Waals surface area contributed by atoms with E-state index in [1.54, 1.807) is 0 Å². The summed E-state index contributed by atoms with van der Waals surface area (Å²) in [6.07, 6.45) is 0. The first-order chi connectivity index (χ1) is 7.02. The molecule has 0 saturated heterocycles. The predicted molar refractivity (Wildman–Crippen MR) is 62.0 cm³/mol. The molecule has 15 heavy (non-hydrogen) atoms. The van der Waals surface area contributed by atoms with Gasteiger partial charge in [-0.1, -0.05) is 12.1 Å². The van der Waals surface area contributed by atoms with Crippen LogP contribution in [0.15, 0.2) is 24.3 Å². The second kappa shape index (κ2) is 4.94. The number of imidazole rings is 1. The fourth-order valence-corrected chi connectivity index (χ4v) is 1.27. The van der Waals surface area contributed by atoms with E-state index in [1.165, 1.54) is 12.4 Å². The smallest absolute Gasteiger partial charge is 0.218 e. The molecule has 0 fully saturated rings. The number of aryl methyl sites for hydroxylation is 2. The Morgan fingerprint density at radius 1 is 1.40 bits per heavy atom. The van der Waals surface area contributed by atoms with Gasteiger partial charge < -0.3 is 4.57 Å². The van der Waals surface area contributed by atoms with Gasteiger partial charge in [-0.3, -0.25) is 4.79 Å². The van der Waals surface area contributed by atoms with Crippen LogP contribution in [-0.2, 0) is 11.8 Å². The lowest BCUT2D eigenvalue weighted by molar-refractivity contribution is -0.109. The fraction of sp³-hybridized carbons (Fsp3) is 0.273. The molecule has 0 N–H and O–H groups in total. The predicted octanol–water partition coefficient (Wildman–Crippen LogP) is 2.65. The minimum Gasteiger partial charge on any atom is -0.331 e. The molecule has 1 heterocycles. The lowest BCUT2D eigenvalue weighted by atomic mass is 10.3. The van der Waals surface area contributed by atoms with Crippen LogP contribution in [0.3, 0.4) is 0 Å². The number of halogens is 1. The van der Waals surface area contributed by atoms with Crippen LogP contribution in [0.5, 0.6) is 0 Å². The topological polar surface area (TPSA) is 34.9 Å². The molecule has 0 radical (unpaired) electrons. The van der Waals surface area contributed by atoms with Gasteiger partial charge in [0, 0.05) is 14.0 Å². The van der Waals surface area contributed by atoms with Crippen molar-refractivity contribution in [1.29, 1.82) is 0 Å². The molecule has 0 aliphatic rings. The zero-order valence-corrected chi connectivity index (χ0v) is 9.75. The van der Waals surface area contributed by atoms with Crippen molar-refractivity contribution in [1.82, 2.24) is 9.55 Å². The number of hydrogen-bond acceptors (Lipinski definition) is 2. The number of aromatic nitrogens is 2. The fourth-order valence-electron chi connectivity index (χ4n) is 1.27. The average molecular weight is 225 g/mol. The second-order valence-electron chi connectivity index (χ2n) is 3.18. The van der Waals surface area contributed by atoms with Crippen molar-refractivity contribution in [2.75, 3.05) is 0 Å². The molecular weight excluding hydrogens is 212 g/mol. The highest BCUT2D eigenvalue weighted by atomic mass is 35.5. The summed E-state index contributed by atoms with van der Waals surface area (Å²) in [4.78, 5) is 13.6. The molecule has 0 saturated carbocycles. The zero-order valence-electron chi connectivity index (χ0n) is 8.99. The number of nitrogens with zero attached hydrogens (tertiary/aromatic N) is 2. The first-order valence-electron chi connectivity index (χ1n) is 4.56. The first-order valence-corrected chi connectivity index (χ1v) is 4.94. The maximum Gasteiger partial charge on any atom is 0.218 e. The normalized spacial score (nSPS) is 9.60. The van der Waals surface area contributed by atoms with E-state index in [9.17, 15) is 4.79 Å². The molecule has 80 valence electrons. The molecule has 0 aliphatic carbocycles. The first kappa shape index (κ1) is 11.7. The Morgan fingerprint density at radius 2 is 1.93 bits per heavy atom. The van der Waals surface area contributed by atoms with Crippen molar-refractivity contribution in [2.24, 2.45) is 7.05 Å². The summed E-state index contributed by atoms with van der Waals surface area (Å²) in [6, 6.07) is 8.15. The van der Waals surface area contributed by atoms with Crippen molar-refractivity contribution >= 4 is 27.9 Å². The summed E-state index contributed by atoms with van der Waals surface area (Å²) in [6.45, 7) is 3.31. The van der Waals surface area contributed by atoms with Crippen molar-refractivity contribution in [3.8, 4) is 0 Å².